The van der Waals surface area contributed by atoms with Crippen LogP contribution in [0.25, 0.3) is 0 Å². The Morgan fingerprint density at radius 1 is 1.46 bits per heavy atom. The summed E-state index contributed by atoms with van der Waals surface area (Å²) in [6.07, 6.45) is 0. The van der Waals surface area contributed by atoms with E-state index >= 15 is 0 Å². The van der Waals surface area contributed by atoms with Crippen LogP contribution in [-0.2, 0) is 29.1 Å². The van der Waals surface area contributed by atoms with E-state index in [-0.39, 0.29) is 23.1 Å². The van der Waals surface area contributed by atoms with Gasteiger partial charge in [-0.25, -0.2) is 0 Å². The zero-order valence-electron chi connectivity index (χ0n) is 7.80. The van der Waals surface area contributed by atoms with Crippen molar-refractivity contribution in [1.82, 2.24) is 4.90 Å². The number of thiocarbonyl (C=S) groups is 1. The molecule has 0 rings (SSSR count). The van der Waals surface area contributed by atoms with Crippen molar-refractivity contribution in [2.45, 2.75) is 13.8 Å². The molecule has 84 valence electrons. The molecule has 0 amide bonds. The van der Waals surface area contributed by atoms with Gasteiger partial charge in [0.15, 0.2) is 0 Å². The molecule has 1 N–H and O–H groups in total. The molecule has 0 heterocycles. The van der Waals surface area contributed by atoms with Crippen molar-refractivity contribution in [3.63, 3.8) is 0 Å². The topological polar surface area (TPSA) is 23.5 Å². The molecule has 0 aromatic rings. The molecule has 0 aliphatic rings. The Labute approximate surface area is 107 Å². The normalized spacial score (nSPS) is 7.69. The van der Waals surface area contributed by atoms with Gasteiger partial charge in [-0.05, 0) is 13.8 Å². The third-order valence-corrected chi connectivity index (χ3v) is 1.84. The summed E-state index contributed by atoms with van der Waals surface area (Å²) < 4.78 is 0.579. The molecule has 13 heavy (non-hydrogen) atoms. The van der Waals surface area contributed by atoms with Gasteiger partial charge in [0.1, 0.15) is 0 Å². The van der Waals surface area contributed by atoms with Gasteiger partial charge in [0.2, 0.25) is 0 Å². The third-order valence-electron chi connectivity index (χ3n) is 1.12. The van der Waals surface area contributed by atoms with Crippen LogP contribution in [0.1, 0.15) is 13.8 Å². The van der Waals surface area contributed by atoms with Gasteiger partial charge in [-0.1, -0.05) is 4.32 Å². The number of nitrogens with zero attached hydrogens (tertiary/aromatic N) is 1. The van der Waals surface area contributed by atoms with E-state index in [9.17, 15) is 0 Å². The maximum Gasteiger partial charge on any atom is 0.0519 e. The van der Waals surface area contributed by atoms with Crippen LogP contribution in [-0.4, -0.2) is 39.8 Å². The minimum absolute atomic E-state index is 0. The molecule has 0 aromatic heterocycles. The molecule has 0 aliphatic carbocycles. The molecule has 2 nitrogen and oxygen atoms in total. The monoisotopic (exact) mass is 284 g/mol. The van der Waals surface area contributed by atoms with Crippen molar-refractivity contribution in [2.75, 3.05) is 25.4 Å². The first-order valence-corrected chi connectivity index (χ1v) is 5.26. The molecule has 0 atom stereocenters. The average Bonchev–Trinajstić information content (AvgIpc) is 2.07. The van der Waals surface area contributed by atoms with Gasteiger partial charge in [-0.2, -0.15) is 12.6 Å². The summed E-state index contributed by atoms with van der Waals surface area (Å²) in [4.78, 5) is 1.96. The van der Waals surface area contributed by atoms with E-state index in [1.807, 2.05) is 18.7 Å². The Balaban J connectivity index is -0.000000173. The van der Waals surface area contributed by atoms with Crippen LogP contribution in [0.4, 0.5) is 0 Å². The minimum atomic E-state index is 0. The summed E-state index contributed by atoms with van der Waals surface area (Å²) in [6.45, 7) is 6.13. The standard InChI is InChI=1S/C5H11NS2.C2H6OS.Ni/c1-3-6(4-2)5(7)8;3-1-2-4;/h3-4H2,1-2H3,(H,7,8);3-4H,1-2H2;/p-1. The summed E-state index contributed by atoms with van der Waals surface area (Å²) in [6, 6.07) is 0. The van der Waals surface area contributed by atoms with Gasteiger partial charge < -0.3 is 34.9 Å². The largest absolute Gasteiger partial charge is 0.411 e. The van der Waals surface area contributed by atoms with E-state index in [2.05, 4.69) is 12.6 Å². The Kier molecular flexibility index (Phi) is 23.1. The molecule has 0 radical (unpaired) electrons. The van der Waals surface area contributed by atoms with Crippen LogP contribution in [0.5, 0.6) is 0 Å². The fourth-order valence-electron chi connectivity index (χ4n) is 0.482. The second-order valence-electron chi connectivity index (χ2n) is 1.89. The van der Waals surface area contributed by atoms with Crippen molar-refractivity contribution in [3.8, 4) is 0 Å². The maximum absolute atomic E-state index is 7.80. The molecule has 0 bridgehead atoms. The van der Waals surface area contributed by atoms with Crippen LogP contribution in [0.2, 0.25) is 0 Å². The summed E-state index contributed by atoms with van der Waals surface area (Å²) in [5.74, 6) is 0.569. The first kappa shape index (κ1) is 19.5. The van der Waals surface area contributed by atoms with Crippen LogP contribution in [0.15, 0.2) is 0 Å². The van der Waals surface area contributed by atoms with E-state index in [0.29, 0.717) is 10.1 Å². The van der Waals surface area contributed by atoms with Gasteiger partial charge >= 0.3 is 0 Å². The van der Waals surface area contributed by atoms with Crippen molar-refractivity contribution < 1.29 is 21.6 Å². The Bertz CT molecular complexity index is 110. The molecule has 0 aromatic carbocycles. The van der Waals surface area contributed by atoms with E-state index in [4.69, 9.17) is 30.0 Å². The molecule has 0 aliphatic heterocycles. The third kappa shape index (κ3) is 15.7. The number of hydrogen-bond donors (Lipinski definition) is 2. The van der Waals surface area contributed by atoms with Gasteiger partial charge in [0, 0.05) is 35.3 Å². The fraction of sp³-hybridized carbons (Fsp3) is 0.857. The predicted octanol–water partition coefficient (Wildman–Crippen LogP) is 1.07. The molecular formula is C7H16NNiOS3-. The zero-order chi connectivity index (χ0) is 9.98. The zero-order valence-corrected chi connectivity index (χ0v) is 11.3. The fourth-order valence-corrected chi connectivity index (χ4v) is 0.998. The van der Waals surface area contributed by atoms with Gasteiger partial charge in [0.25, 0.3) is 0 Å². The van der Waals surface area contributed by atoms with E-state index in [0.717, 1.165) is 13.1 Å². The Hall–Kier alpha value is 0.914. The number of aliphatic hydroxyl groups is 1. The number of hydrogen-bond acceptors (Lipinski definition) is 4. The van der Waals surface area contributed by atoms with Crippen molar-refractivity contribution in [2.24, 2.45) is 0 Å². The number of rotatable bonds is 3. The molecular weight excluding hydrogens is 269 g/mol. The van der Waals surface area contributed by atoms with Crippen LogP contribution >= 0.6 is 24.8 Å². The van der Waals surface area contributed by atoms with Gasteiger partial charge in [0.05, 0.1) is 6.61 Å². The summed E-state index contributed by atoms with van der Waals surface area (Å²) in [7, 11) is 0. The van der Waals surface area contributed by atoms with E-state index < -0.39 is 0 Å². The second-order valence-corrected chi connectivity index (χ2v) is 3.36. The summed E-state index contributed by atoms with van der Waals surface area (Å²) in [5.41, 5.74) is 0. The number of aliphatic hydroxyl groups excluding tert-OH is 1. The van der Waals surface area contributed by atoms with Crippen LogP contribution in [0.3, 0.4) is 0 Å². The summed E-state index contributed by atoms with van der Waals surface area (Å²) >= 11 is 13.2. The second kappa shape index (κ2) is 15.4. The molecule has 0 saturated heterocycles. The van der Waals surface area contributed by atoms with Gasteiger partial charge in [-0.15, -0.1) is 0 Å². The Morgan fingerprint density at radius 2 is 1.77 bits per heavy atom. The van der Waals surface area contributed by atoms with E-state index in [1.165, 1.54) is 0 Å². The molecule has 0 unspecified atom stereocenters. The number of thiol groups is 1. The minimum Gasteiger partial charge on any atom is -0.411 e. The van der Waals surface area contributed by atoms with Crippen LogP contribution < -0.4 is 0 Å². The van der Waals surface area contributed by atoms with Crippen LogP contribution in [0, 0.1) is 0 Å². The maximum atomic E-state index is 7.80. The molecule has 0 fully saturated rings. The molecule has 0 spiro atoms. The van der Waals surface area contributed by atoms with Crippen molar-refractivity contribution in [1.29, 1.82) is 0 Å². The van der Waals surface area contributed by atoms with E-state index in [1.54, 1.807) is 0 Å². The summed E-state index contributed by atoms with van der Waals surface area (Å²) in [5, 5.41) is 7.80. The Morgan fingerprint density at radius 3 is 1.77 bits per heavy atom. The van der Waals surface area contributed by atoms with Crippen molar-refractivity contribution >= 4 is 41.8 Å². The molecule has 0 saturated carbocycles. The van der Waals surface area contributed by atoms with Crippen molar-refractivity contribution in [3.05, 3.63) is 0 Å². The van der Waals surface area contributed by atoms with Gasteiger partial charge in [-0.3, -0.25) is 0 Å². The first-order chi connectivity index (χ1) is 5.63. The quantitative estimate of drug-likeness (QED) is 0.350. The SMILES string of the molecule is CCN(CC)C(=S)[S-].OCCS.[Ni]. The predicted molar refractivity (Wildman–Crippen MR) is 63.8 cm³/mol. The smallest absolute Gasteiger partial charge is 0.0519 e. The first-order valence-electron chi connectivity index (χ1n) is 3.81. The average molecular weight is 285 g/mol. The molecule has 6 heteroatoms.